The number of carbonyl (C=O) groups excluding carboxylic acids is 6. The van der Waals surface area contributed by atoms with Gasteiger partial charge < -0.3 is 4.90 Å². The summed E-state index contributed by atoms with van der Waals surface area (Å²) in [5.74, 6) is -2.34. The van der Waals surface area contributed by atoms with Crippen LogP contribution in [0.2, 0.25) is 0 Å². The van der Waals surface area contributed by atoms with Crippen molar-refractivity contribution in [3.63, 3.8) is 0 Å². The van der Waals surface area contributed by atoms with Crippen LogP contribution in [0.1, 0.15) is 154 Å². The zero-order chi connectivity index (χ0) is 57.7. The lowest BCUT2D eigenvalue weighted by Crippen LogP contribution is -2.43. The fourth-order valence-electron chi connectivity index (χ4n) is 15.6. The monoisotopic (exact) mass is 1110 g/mol. The zero-order valence-electron chi connectivity index (χ0n) is 47.8. The van der Waals surface area contributed by atoms with Crippen molar-refractivity contribution in [2.75, 3.05) is 29.4 Å². The second-order valence-electron chi connectivity index (χ2n) is 24.2. The van der Waals surface area contributed by atoms with Crippen molar-refractivity contribution in [2.45, 2.75) is 85.0 Å². The highest BCUT2D eigenvalue weighted by atomic mass is 16.2. The molecule has 0 atom stereocenters. The van der Waals surface area contributed by atoms with Gasteiger partial charge in [-0.3, -0.25) is 33.7 Å². The average molecular weight is 1110 g/mol. The highest BCUT2D eigenvalue weighted by Gasteiger charge is 2.41. The molecule has 4 amide bonds. The molecule has 0 saturated carbocycles. The molecule has 0 radical (unpaired) electrons. The van der Waals surface area contributed by atoms with Gasteiger partial charge in [0.15, 0.2) is 11.6 Å². The Morgan fingerprint density at radius 3 is 1.31 bits per heavy atom. The van der Waals surface area contributed by atoms with E-state index in [1.165, 1.54) is 67.6 Å². The number of hydrogen-bond donors (Lipinski definition) is 0. The van der Waals surface area contributed by atoms with Crippen molar-refractivity contribution in [2.24, 2.45) is 0 Å². The number of nitrogens with zero attached hydrogens (tertiary/aromatic N) is 3. The van der Waals surface area contributed by atoms with E-state index in [-0.39, 0.29) is 28.4 Å². The largest absolute Gasteiger partial charge is 0.371 e. The Balaban J connectivity index is 0.688. The number of imide groups is 2. The summed E-state index contributed by atoms with van der Waals surface area (Å²) in [6, 6.07) is 47.1. The molecule has 0 N–H and O–H groups in total. The van der Waals surface area contributed by atoms with Gasteiger partial charge in [0.25, 0.3) is 23.6 Å². The summed E-state index contributed by atoms with van der Waals surface area (Å²) in [6.07, 6.45) is 10.6. The average Bonchev–Trinajstić information content (AvgIpc) is 1.73. The van der Waals surface area contributed by atoms with Crippen molar-refractivity contribution in [3.05, 3.63) is 212 Å². The zero-order valence-corrected chi connectivity index (χ0v) is 47.8. The van der Waals surface area contributed by atoms with Gasteiger partial charge in [-0.1, -0.05) is 130 Å². The van der Waals surface area contributed by atoms with E-state index in [4.69, 9.17) is 0 Å². The van der Waals surface area contributed by atoms with Crippen LogP contribution in [0.4, 0.5) is 11.4 Å². The maximum absolute atomic E-state index is 14.8. The predicted octanol–water partition coefficient (Wildman–Crippen LogP) is 16.6. The van der Waals surface area contributed by atoms with Crippen LogP contribution in [0.5, 0.6) is 0 Å². The third-order valence-corrected chi connectivity index (χ3v) is 19.6. The molecule has 10 aromatic rings. The van der Waals surface area contributed by atoms with Crippen LogP contribution in [0.3, 0.4) is 0 Å². The molecule has 2 aliphatic carbocycles. The van der Waals surface area contributed by atoms with E-state index in [0.717, 1.165) is 113 Å². The lowest BCUT2D eigenvalue weighted by Gasteiger charge is -2.39. The first kappa shape index (κ1) is 51.1. The first-order chi connectivity index (χ1) is 41.5. The first-order valence-electron chi connectivity index (χ1n) is 30.4. The molecule has 4 aliphatic heterocycles. The quantitative estimate of drug-likeness (QED) is 0.0720. The lowest BCUT2D eigenvalue weighted by molar-refractivity contribution is 0.0605. The summed E-state index contributed by atoms with van der Waals surface area (Å²) in [6.45, 7) is 9.43. The van der Waals surface area contributed by atoms with E-state index >= 15 is 0 Å². The Morgan fingerprint density at radius 1 is 0.388 bits per heavy atom. The van der Waals surface area contributed by atoms with Gasteiger partial charge in [-0.05, 0) is 200 Å². The number of fused-ring (bicyclic) bond motifs is 8. The van der Waals surface area contributed by atoms with Gasteiger partial charge in [-0.2, -0.15) is 0 Å². The SMILES string of the molecule is CCCCCCCCN1C(=O)c2ccc3c4c(ccc(c24)C1=O)C(=O)N(c1ccc2c(c1)C(=O)c1cc(-c4ccc5c(c4)C(=O)c4cc(-c6c7ccccc7c(-c7c(C)c8c9c(c7C)CCCN9CCC8)c7ccccc67)ccc4-5)ccc1-2)C3=O. The van der Waals surface area contributed by atoms with Crippen molar-refractivity contribution >= 4 is 78.9 Å². The summed E-state index contributed by atoms with van der Waals surface area (Å²) in [4.78, 5) is 91.2. The molecule has 85 heavy (non-hydrogen) atoms. The summed E-state index contributed by atoms with van der Waals surface area (Å²) in [5.41, 5.74) is 20.2. The first-order valence-corrected chi connectivity index (χ1v) is 30.4. The smallest absolute Gasteiger partial charge is 0.265 e. The number of amides is 4. The minimum atomic E-state index is -0.604. The van der Waals surface area contributed by atoms with Crippen molar-refractivity contribution in [3.8, 4) is 55.6 Å². The van der Waals surface area contributed by atoms with Gasteiger partial charge in [-0.25, -0.2) is 4.90 Å². The molecule has 4 heterocycles. The number of hydrogen-bond acceptors (Lipinski definition) is 7. The summed E-state index contributed by atoms with van der Waals surface area (Å²) < 4.78 is 0. The van der Waals surface area contributed by atoms with E-state index in [0.29, 0.717) is 62.7 Å². The molecular weight excluding hydrogens is 1050 g/mol. The van der Waals surface area contributed by atoms with Gasteiger partial charge in [0.2, 0.25) is 0 Å². The Kier molecular flexibility index (Phi) is 11.6. The van der Waals surface area contributed by atoms with Gasteiger partial charge in [0.1, 0.15) is 0 Å². The highest BCUT2D eigenvalue weighted by molar-refractivity contribution is 6.39. The standard InChI is InChI=1S/C76H59N3O6/c1-4-5-6-7-8-13-36-78-73(82)57-30-32-59-69-60(33-31-58(68(57)69)74(78)83)76(85)79(75(59)84)46-25-29-52-50-27-23-44(38-62(50)72(81)64(52)40-46)43-22-26-49-51-28-24-45(39-63(51)71(80)61(49)37-43)66-53-16-9-11-18-55(53)67(56-19-12-10-17-54(56)66)65-41(2)47-20-14-34-77-35-15-21-48(42(65)3)70(47)77/h9-12,16-19,22-33,37-40H,4-8,13-15,20-21,34-36H2,1-3H3. The van der Waals surface area contributed by atoms with E-state index in [1.807, 2.05) is 36.4 Å². The van der Waals surface area contributed by atoms with Crippen LogP contribution >= 0.6 is 0 Å². The molecule has 414 valence electrons. The molecule has 6 aliphatic rings. The lowest BCUT2D eigenvalue weighted by atomic mass is 9.78. The van der Waals surface area contributed by atoms with E-state index < -0.39 is 23.6 Å². The number of benzene rings is 10. The number of anilines is 2. The van der Waals surface area contributed by atoms with E-state index in [1.54, 1.807) is 42.5 Å². The molecule has 0 saturated heterocycles. The molecule has 0 bridgehead atoms. The Bertz CT molecular complexity index is 4610. The van der Waals surface area contributed by atoms with Gasteiger partial charge in [0.05, 0.1) is 5.69 Å². The van der Waals surface area contributed by atoms with Crippen LogP contribution in [-0.2, 0) is 12.8 Å². The maximum atomic E-state index is 14.8. The molecular formula is C76H59N3O6. The molecule has 0 unspecified atom stereocenters. The van der Waals surface area contributed by atoms with Crippen LogP contribution in [0.15, 0.2) is 146 Å². The fraction of sp³-hybridized carbons (Fsp3) is 0.211. The number of unbranched alkanes of at least 4 members (excludes halogenated alkanes) is 5. The van der Waals surface area contributed by atoms with Gasteiger partial charge >= 0.3 is 0 Å². The number of rotatable bonds is 11. The van der Waals surface area contributed by atoms with Crippen molar-refractivity contribution < 1.29 is 28.8 Å². The van der Waals surface area contributed by atoms with Gasteiger partial charge in [-0.15, -0.1) is 0 Å². The van der Waals surface area contributed by atoms with Crippen LogP contribution in [0.25, 0.3) is 88.0 Å². The minimum absolute atomic E-state index is 0.0448. The number of carbonyl (C=O) groups is 6. The van der Waals surface area contributed by atoms with Crippen molar-refractivity contribution in [1.29, 1.82) is 0 Å². The molecule has 0 fully saturated rings. The van der Waals surface area contributed by atoms with Crippen LogP contribution in [-0.4, -0.2) is 59.7 Å². The van der Waals surface area contributed by atoms with Crippen LogP contribution < -0.4 is 9.80 Å². The fourth-order valence-corrected chi connectivity index (χ4v) is 15.6. The van der Waals surface area contributed by atoms with E-state index in [2.05, 4.69) is 92.4 Å². The summed E-state index contributed by atoms with van der Waals surface area (Å²) >= 11 is 0. The second-order valence-corrected chi connectivity index (χ2v) is 24.2. The third-order valence-electron chi connectivity index (χ3n) is 19.6. The summed E-state index contributed by atoms with van der Waals surface area (Å²) in [5, 5.41) is 5.36. The third kappa shape index (κ3) is 7.35. The highest BCUT2D eigenvalue weighted by Crippen LogP contribution is 2.52. The molecule has 0 spiro atoms. The second kappa shape index (κ2) is 19.2. The topological polar surface area (TPSA) is 112 Å². The maximum Gasteiger partial charge on any atom is 0.265 e. The molecule has 0 aromatic heterocycles. The van der Waals surface area contributed by atoms with E-state index in [9.17, 15) is 28.8 Å². The van der Waals surface area contributed by atoms with Crippen molar-refractivity contribution in [1.82, 2.24) is 4.90 Å². The molecule has 9 heteroatoms. The minimum Gasteiger partial charge on any atom is -0.371 e. The molecule has 16 rings (SSSR count). The predicted molar refractivity (Wildman–Crippen MR) is 338 cm³/mol. The Labute approximate surface area is 492 Å². The normalized spacial score (nSPS) is 15.4. The Morgan fingerprint density at radius 2 is 0.800 bits per heavy atom. The van der Waals surface area contributed by atoms with Gasteiger partial charge in [0, 0.05) is 80.6 Å². The molecule has 9 nitrogen and oxygen atoms in total. The number of ketones is 2. The van der Waals surface area contributed by atoms with Crippen LogP contribution in [0, 0.1) is 13.8 Å². The molecule has 10 aromatic carbocycles. The summed E-state index contributed by atoms with van der Waals surface area (Å²) in [7, 11) is 0. The Hall–Kier alpha value is -9.60.